The van der Waals surface area contributed by atoms with E-state index in [1.54, 1.807) is 24.0 Å². The third-order valence-corrected chi connectivity index (χ3v) is 4.70. The summed E-state index contributed by atoms with van der Waals surface area (Å²) in [6.45, 7) is 3.59. The van der Waals surface area contributed by atoms with Crippen LogP contribution in [-0.4, -0.2) is 24.0 Å². The van der Waals surface area contributed by atoms with Crippen LogP contribution >= 0.6 is 0 Å². The Morgan fingerprint density at radius 2 is 1.88 bits per heavy atom. The third-order valence-electron chi connectivity index (χ3n) is 4.70. The summed E-state index contributed by atoms with van der Waals surface area (Å²) in [5.41, 5.74) is 2.63. The predicted octanol–water partition coefficient (Wildman–Crippen LogP) is 3.96. The molecule has 0 N–H and O–H groups in total. The zero-order valence-electron chi connectivity index (χ0n) is 14.6. The number of carbonyl (C=O) groups excluding carboxylic acids is 2. The van der Waals surface area contributed by atoms with E-state index < -0.39 is 12.1 Å². The molecule has 26 heavy (non-hydrogen) atoms. The maximum Gasteiger partial charge on any atom is 0.375 e. The quantitative estimate of drug-likeness (QED) is 0.672. The maximum absolute atomic E-state index is 12.9. The Hall–Kier alpha value is -3.08. The molecule has 3 aromatic rings. The lowest BCUT2D eigenvalue weighted by Crippen LogP contribution is -2.43. The molecule has 0 saturated carbocycles. The van der Waals surface area contributed by atoms with Crippen molar-refractivity contribution in [3.63, 3.8) is 0 Å². The molecular formula is C21H19NO4. The standard InChI is InChI=1S/C21H19NO4/c1-13-11-15-7-3-5-9-17(15)22(13)20(23)14(2)25-21(24)19-12-16-8-4-6-10-18(16)26-19/h3-10,12-14H,11H2,1-2H3/t13-,14+/m0/s1. The number of carbonyl (C=O) groups is 2. The number of benzene rings is 2. The van der Waals surface area contributed by atoms with Crippen LogP contribution in [0.5, 0.6) is 0 Å². The highest BCUT2D eigenvalue weighted by Gasteiger charge is 2.34. The van der Waals surface area contributed by atoms with E-state index in [1.165, 1.54) is 0 Å². The van der Waals surface area contributed by atoms with Crippen molar-refractivity contribution in [2.24, 2.45) is 0 Å². The summed E-state index contributed by atoms with van der Waals surface area (Å²) in [5.74, 6) is -0.769. The van der Waals surface area contributed by atoms with Gasteiger partial charge in [0.05, 0.1) is 0 Å². The number of hydrogen-bond acceptors (Lipinski definition) is 4. The number of anilines is 1. The van der Waals surface area contributed by atoms with Gasteiger partial charge in [-0.2, -0.15) is 0 Å². The van der Waals surface area contributed by atoms with Crippen LogP contribution in [0.2, 0.25) is 0 Å². The number of rotatable bonds is 3. The Morgan fingerprint density at radius 1 is 1.15 bits per heavy atom. The largest absolute Gasteiger partial charge is 0.449 e. The number of amides is 1. The van der Waals surface area contributed by atoms with Crippen LogP contribution in [0.1, 0.15) is 30.0 Å². The van der Waals surface area contributed by atoms with E-state index in [4.69, 9.17) is 9.15 Å². The van der Waals surface area contributed by atoms with Gasteiger partial charge in [-0.15, -0.1) is 0 Å². The summed E-state index contributed by atoms with van der Waals surface area (Å²) >= 11 is 0. The topological polar surface area (TPSA) is 59.8 Å². The van der Waals surface area contributed by atoms with E-state index >= 15 is 0 Å². The summed E-state index contributed by atoms with van der Waals surface area (Å²) in [5, 5.41) is 0.820. The molecule has 0 aliphatic carbocycles. The van der Waals surface area contributed by atoms with E-state index in [9.17, 15) is 9.59 Å². The van der Waals surface area contributed by atoms with Crippen molar-refractivity contribution in [2.45, 2.75) is 32.4 Å². The van der Waals surface area contributed by atoms with Crippen LogP contribution in [-0.2, 0) is 16.0 Å². The lowest BCUT2D eigenvalue weighted by atomic mass is 10.1. The molecule has 4 rings (SSSR count). The van der Waals surface area contributed by atoms with Gasteiger partial charge in [-0.25, -0.2) is 4.79 Å². The van der Waals surface area contributed by atoms with Crippen LogP contribution in [0.3, 0.4) is 0 Å². The van der Waals surface area contributed by atoms with Gasteiger partial charge in [0.15, 0.2) is 6.10 Å². The minimum absolute atomic E-state index is 0.0345. The normalized spacial score (nSPS) is 17.2. The van der Waals surface area contributed by atoms with Gasteiger partial charge in [0.2, 0.25) is 5.76 Å². The molecule has 1 aliphatic heterocycles. The van der Waals surface area contributed by atoms with Gasteiger partial charge < -0.3 is 14.1 Å². The van der Waals surface area contributed by atoms with Crippen LogP contribution in [0.15, 0.2) is 59.0 Å². The molecule has 2 atom stereocenters. The lowest BCUT2D eigenvalue weighted by molar-refractivity contribution is -0.126. The van der Waals surface area contributed by atoms with Crippen molar-refractivity contribution in [3.8, 4) is 0 Å². The fourth-order valence-corrected chi connectivity index (χ4v) is 3.45. The minimum Gasteiger partial charge on any atom is -0.449 e. The summed E-state index contributed by atoms with van der Waals surface area (Å²) in [6, 6.07) is 16.8. The van der Waals surface area contributed by atoms with Gasteiger partial charge in [0.1, 0.15) is 5.58 Å². The summed E-state index contributed by atoms with van der Waals surface area (Å²) in [7, 11) is 0. The van der Waals surface area contributed by atoms with Crippen molar-refractivity contribution < 1.29 is 18.7 Å². The second kappa shape index (κ2) is 6.33. The number of fused-ring (bicyclic) bond motifs is 2. The van der Waals surface area contributed by atoms with E-state index in [-0.39, 0.29) is 17.7 Å². The molecule has 0 saturated heterocycles. The summed E-state index contributed by atoms with van der Waals surface area (Å²) in [4.78, 5) is 27.0. The first-order valence-electron chi connectivity index (χ1n) is 8.65. The molecule has 0 fully saturated rings. The van der Waals surface area contributed by atoms with Gasteiger partial charge in [-0.3, -0.25) is 4.79 Å². The number of furan rings is 1. The van der Waals surface area contributed by atoms with E-state index in [2.05, 4.69) is 0 Å². The summed E-state index contributed by atoms with van der Waals surface area (Å²) in [6.07, 6.45) is -0.101. The monoisotopic (exact) mass is 349 g/mol. The molecule has 2 heterocycles. The number of hydrogen-bond donors (Lipinski definition) is 0. The molecule has 2 aromatic carbocycles. The predicted molar refractivity (Wildman–Crippen MR) is 98.2 cm³/mol. The van der Waals surface area contributed by atoms with Gasteiger partial charge in [0, 0.05) is 17.1 Å². The zero-order valence-corrected chi connectivity index (χ0v) is 14.6. The Morgan fingerprint density at radius 3 is 2.69 bits per heavy atom. The Bertz CT molecular complexity index is 957. The number of ether oxygens (including phenoxy) is 1. The first-order valence-corrected chi connectivity index (χ1v) is 8.65. The van der Waals surface area contributed by atoms with Crippen LogP contribution < -0.4 is 4.90 Å². The number of esters is 1. The molecule has 1 amide bonds. The fraction of sp³-hybridized carbons (Fsp3) is 0.238. The molecule has 1 aliphatic rings. The molecule has 0 bridgehead atoms. The molecule has 1 aromatic heterocycles. The highest BCUT2D eigenvalue weighted by atomic mass is 16.6. The SMILES string of the molecule is C[C@@H](OC(=O)c1cc2ccccc2o1)C(=O)N1c2ccccc2C[C@@H]1C. The summed E-state index contributed by atoms with van der Waals surface area (Å²) < 4.78 is 10.9. The second-order valence-electron chi connectivity index (χ2n) is 6.59. The van der Waals surface area contributed by atoms with Gasteiger partial charge in [0.25, 0.3) is 5.91 Å². The molecule has 5 nitrogen and oxygen atoms in total. The molecular weight excluding hydrogens is 330 g/mol. The Labute approximate surface area is 151 Å². The van der Waals surface area contributed by atoms with Gasteiger partial charge >= 0.3 is 5.97 Å². The number of para-hydroxylation sites is 2. The first-order chi connectivity index (χ1) is 12.5. The molecule has 0 unspecified atom stereocenters. The van der Waals surface area contributed by atoms with E-state index in [1.807, 2.05) is 49.4 Å². The zero-order chi connectivity index (χ0) is 18.3. The minimum atomic E-state index is -0.899. The van der Waals surface area contributed by atoms with Gasteiger partial charge in [-0.05, 0) is 44.0 Å². The Kier molecular flexibility index (Phi) is 3.99. The van der Waals surface area contributed by atoms with E-state index in [0.29, 0.717) is 5.58 Å². The Balaban J connectivity index is 1.51. The average Bonchev–Trinajstić information content (AvgIpc) is 3.21. The highest BCUT2D eigenvalue weighted by molar-refractivity contribution is 6.01. The molecule has 0 radical (unpaired) electrons. The third kappa shape index (κ3) is 2.75. The van der Waals surface area contributed by atoms with Crippen LogP contribution in [0, 0.1) is 0 Å². The van der Waals surface area contributed by atoms with Gasteiger partial charge in [-0.1, -0.05) is 36.4 Å². The molecule has 0 spiro atoms. The van der Waals surface area contributed by atoms with Crippen molar-refractivity contribution in [1.29, 1.82) is 0 Å². The van der Waals surface area contributed by atoms with Crippen molar-refractivity contribution >= 4 is 28.5 Å². The van der Waals surface area contributed by atoms with E-state index in [0.717, 1.165) is 23.1 Å². The van der Waals surface area contributed by atoms with Crippen molar-refractivity contribution in [2.75, 3.05) is 4.90 Å². The second-order valence-corrected chi connectivity index (χ2v) is 6.59. The lowest BCUT2D eigenvalue weighted by Gasteiger charge is -2.25. The number of nitrogens with zero attached hydrogens (tertiary/aromatic N) is 1. The van der Waals surface area contributed by atoms with Crippen molar-refractivity contribution in [1.82, 2.24) is 0 Å². The van der Waals surface area contributed by atoms with Crippen LogP contribution in [0.4, 0.5) is 5.69 Å². The van der Waals surface area contributed by atoms with Crippen molar-refractivity contribution in [3.05, 3.63) is 65.9 Å². The first kappa shape index (κ1) is 16.4. The molecule has 132 valence electrons. The average molecular weight is 349 g/mol. The fourth-order valence-electron chi connectivity index (χ4n) is 3.45. The maximum atomic E-state index is 12.9. The highest BCUT2D eigenvalue weighted by Crippen LogP contribution is 2.32. The van der Waals surface area contributed by atoms with Crippen LogP contribution in [0.25, 0.3) is 11.0 Å². The smallest absolute Gasteiger partial charge is 0.375 e. The molecule has 5 heteroatoms.